The summed E-state index contributed by atoms with van der Waals surface area (Å²) in [7, 11) is 1.68. The number of rotatable bonds is 8. The van der Waals surface area contributed by atoms with Gasteiger partial charge in [0, 0.05) is 24.0 Å². The molecule has 2 N–H and O–H groups in total. The van der Waals surface area contributed by atoms with Gasteiger partial charge in [-0.25, -0.2) is 4.98 Å². The maximum absolute atomic E-state index is 5.40. The Kier molecular flexibility index (Phi) is 6.26. The first-order valence-electron chi connectivity index (χ1n) is 9.31. The average Bonchev–Trinajstić information content (AvgIpc) is 2.73. The molecule has 0 spiro atoms. The second-order valence-corrected chi connectivity index (χ2v) is 6.21. The van der Waals surface area contributed by atoms with Gasteiger partial charge in [-0.2, -0.15) is 4.98 Å². The van der Waals surface area contributed by atoms with Gasteiger partial charge in [0.25, 0.3) is 0 Å². The van der Waals surface area contributed by atoms with Crippen molar-refractivity contribution < 1.29 is 4.74 Å². The Bertz CT molecular complexity index is 873. The van der Waals surface area contributed by atoms with Crippen LogP contribution in [0.1, 0.15) is 30.5 Å². The highest BCUT2D eigenvalue weighted by atomic mass is 16.5. The minimum atomic E-state index is 0.593. The smallest absolute Gasteiger partial charge is 0.229 e. The number of methoxy groups -OCH3 is 1. The monoisotopic (exact) mass is 362 g/mol. The van der Waals surface area contributed by atoms with Crippen molar-refractivity contribution in [3.63, 3.8) is 0 Å². The van der Waals surface area contributed by atoms with Crippen LogP contribution in [0.5, 0.6) is 5.75 Å². The van der Waals surface area contributed by atoms with Crippen LogP contribution >= 0.6 is 0 Å². The average molecular weight is 362 g/mol. The molecule has 0 saturated heterocycles. The molecule has 0 amide bonds. The molecule has 2 aromatic carbocycles. The summed E-state index contributed by atoms with van der Waals surface area (Å²) in [5, 5.41) is 6.77. The van der Waals surface area contributed by atoms with E-state index in [0.29, 0.717) is 12.5 Å². The van der Waals surface area contributed by atoms with Crippen molar-refractivity contribution in [2.75, 3.05) is 17.7 Å². The fourth-order valence-electron chi connectivity index (χ4n) is 3.07. The lowest BCUT2D eigenvalue weighted by molar-refractivity contribution is 0.410. The van der Waals surface area contributed by atoms with E-state index in [2.05, 4.69) is 52.6 Å². The van der Waals surface area contributed by atoms with Gasteiger partial charge >= 0.3 is 0 Å². The molecule has 1 aromatic heterocycles. The lowest BCUT2D eigenvalue weighted by Crippen LogP contribution is -2.07. The van der Waals surface area contributed by atoms with Crippen LogP contribution < -0.4 is 15.4 Å². The highest BCUT2D eigenvalue weighted by Gasteiger charge is 2.09. The van der Waals surface area contributed by atoms with Gasteiger partial charge in [0.1, 0.15) is 11.6 Å². The number of anilines is 3. The lowest BCUT2D eigenvalue weighted by Gasteiger charge is -2.15. The van der Waals surface area contributed by atoms with E-state index in [9.17, 15) is 0 Å². The van der Waals surface area contributed by atoms with Crippen LogP contribution in [0.15, 0.2) is 54.7 Å². The molecule has 3 aromatic rings. The highest BCUT2D eigenvalue weighted by molar-refractivity contribution is 5.64. The van der Waals surface area contributed by atoms with Crippen LogP contribution in [0, 0.1) is 0 Å². The molecular formula is C22H26N4O. The quantitative estimate of drug-likeness (QED) is 0.593. The number of hydrogen-bond donors (Lipinski definition) is 2. The summed E-state index contributed by atoms with van der Waals surface area (Å²) in [5.74, 6) is 2.22. The Morgan fingerprint density at radius 2 is 1.59 bits per heavy atom. The van der Waals surface area contributed by atoms with Gasteiger partial charge in [-0.1, -0.05) is 50.2 Å². The largest absolute Gasteiger partial charge is 0.496 e. The van der Waals surface area contributed by atoms with Crippen LogP contribution in [0.2, 0.25) is 0 Å². The van der Waals surface area contributed by atoms with Crippen molar-refractivity contribution in [2.45, 2.75) is 33.2 Å². The van der Waals surface area contributed by atoms with Crippen molar-refractivity contribution in [1.29, 1.82) is 0 Å². The van der Waals surface area contributed by atoms with Crippen molar-refractivity contribution in [3.8, 4) is 5.75 Å². The number of nitrogens with one attached hydrogen (secondary N) is 2. The zero-order valence-electron chi connectivity index (χ0n) is 16.1. The fraction of sp³-hybridized carbons (Fsp3) is 0.273. The first-order valence-corrected chi connectivity index (χ1v) is 9.31. The van der Waals surface area contributed by atoms with Crippen LogP contribution in [0.25, 0.3) is 0 Å². The molecule has 0 saturated carbocycles. The fourth-order valence-corrected chi connectivity index (χ4v) is 3.07. The first-order chi connectivity index (χ1) is 13.2. The molecular weight excluding hydrogens is 336 g/mol. The minimum absolute atomic E-state index is 0.593. The number of benzene rings is 2. The number of hydrogen-bond acceptors (Lipinski definition) is 5. The number of para-hydroxylation sites is 2. The maximum atomic E-state index is 5.40. The van der Waals surface area contributed by atoms with E-state index in [1.807, 2.05) is 30.3 Å². The number of nitrogens with zero attached hydrogens (tertiary/aromatic N) is 2. The molecule has 5 heteroatoms. The Labute approximate surface area is 160 Å². The van der Waals surface area contributed by atoms with E-state index in [1.54, 1.807) is 13.3 Å². The van der Waals surface area contributed by atoms with E-state index in [4.69, 9.17) is 4.74 Å². The Morgan fingerprint density at radius 3 is 2.30 bits per heavy atom. The number of aryl methyl sites for hydroxylation is 2. The third-order valence-electron chi connectivity index (χ3n) is 4.54. The summed E-state index contributed by atoms with van der Waals surface area (Å²) in [6, 6.07) is 16.2. The highest BCUT2D eigenvalue weighted by Crippen LogP contribution is 2.25. The Hall–Kier alpha value is -3.08. The van der Waals surface area contributed by atoms with Gasteiger partial charge in [0.2, 0.25) is 5.95 Å². The first kappa shape index (κ1) is 18.7. The van der Waals surface area contributed by atoms with Crippen molar-refractivity contribution >= 4 is 17.5 Å². The number of ether oxygens (including phenoxy) is 1. The molecule has 3 rings (SSSR count). The van der Waals surface area contributed by atoms with E-state index >= 15 is 0 Å². The van der Waals surface area contributed by atoms with Gasteiger partial charge in [-0.3, -0.25) is 0 Å². The number of aromatic nitrogens is 2. The standard InChI is InChI=1S/C22H26N4O/c1-4-16-10-8-11-17(5-2)21(16)26-22-23-14-13-20(25-22)24-15-18-9-6-7-12-19(18)27-3/h6-14H,4-5,15H2,1-3H3,(H2,23,24,25,26). The maximum Gasteiger partial charge on any atom is 0.229 e. The van der Waals surface area contributed by atoms with Gasteiger partial charge in [0.05, 0.1) is 7.11 Å². The predicted molar refractivity (Wildman–Crippen MR) is 111 cm³/mol. The Balaban J connectivity index is 1.77. The minimum Gasteiger partial charge on any atom is -0.496 e. The van der Waals surface area contributed by atoms with Crippen LogP contribution in [0.3, 0.4) is 0 Å². The molecule has 5 nitrogen and oxygen atoms in total. The molecule has 0 atom stereocenters. The zero-order chi connectivity index (χ0) is 19.1. The van der Waals surface area contributed by atoms with Gasteiger partial charge in [-0.05, 0) is 36.1 Å². The predicted octanol–water partition coefficient (Wildman–Crippen LogP) is 4.97. The van der Waals surface area contributed by atoms with Gasteiger partial charge in [0.15, 0.2) is 0 Å². The summed E-state index contributed by atoms with van der Waals surface area (Å²) in [5.41, 5.74) is 4.73. The molecule has 0 unspecified atom stereocenters. The summed E-state index contributed by atoms with van der Waals surface area (Å²) < 4.78 is 5.40. The van der Waals surface area contributed by atoms with Crippen LogP contribution in [0.4, 0.5) is 17.5 Å². The van der Waals surface area contributed by atoms with Crippen molar-refractivity contribution in [2.24, 2.45) is 0 Å². The molecule has 0 aliphatic carbocycles. The molecule has 27 heavy (non-hydrogen) atoms. The Morgan fingerprint density at radius 1 is 0.889 bits per heavy atom. The molecule has 0 fully saturated rings. The molecule has 140 valence electrons. The van der Waals surface area contributed by atoms with E-state index in [1.165, 1.54) is 11.1 Å². The lowest BCUT2D eigenvalue weighted by atomic mass is 10.0. The van der Waals surface area contributed by atoms with E-state index in [0.717, 1.165) is 35.7 Å². The van der Waals surface area contributed by atoms with E-state index < -0.39 is 0 Å². The molecule has 1 heterocycles. The third kappa shape index (κ3) is 4.56. The third-order valence-corrected chi connectivity index (χ3v) is 4.54. The second kappa shape index (κ2) is 9.03. The summed E-state index contributed by atoms with van der Waals surface area (Å²) in [6.45, 7) is 4.95. The summed E-state index contributed by atoms with van der Waals surface area (Å²) >= 11 is 0. The van der Waals surface area contributed by atoms with Crippen molar-refractivity contribution in [1.82, 2.24) is 9.97 Å². The molecule has 0 radical (unpaired) electrons. The molecule has 0 aliphatic heterocycles. The molecule has 0 bridgehead atoms. The van der Waals surface area contributed by atoms with Crippen LogP contribution in [-0.2, 0) is 19.4 Å². The van der Waals surface area contributed by atoms with Gasteiger partial charge < -0.3 is 15.4 Å². The molecule has 0 aliphatic rings. The SMILES string of the molecule is CCc1cccc(CC)c1Nc1nccc(NCc2ccccc2OC)n1. The summed E-state index contributed by atoms with van der Waals surface area (Å²) in [4.78, 5) is 9.00. The topological polar surface area (TPSA) is 59.1 Å². The van der Waals surface area contributed by atoms with Gasteiger partial charge in [-0.15, -0.1) is 0 Å². The van der Waals surface area contributed by atoms with Crippen molar-refractivity contribution in [3.05, 3.63) is 71.4 Å². The zero-order valence-corrected chi connectivity index (χ0v) is 16.1. The second-order valence-electron chi connectivity index (χ2n) is 6.21. The summed E-state index contributed by atoms with van der Waals surface area (Å²) in [6.07, 6.45) is 3.68. The van der Waals surface area contributed by atoms with Crippen LogP contribution in [-0.4, -0.2) is 17.1 Å². The van der Waals surface area contributed by atoms with E-state index in [-0.39, 0.29) is 0 Å². The normalized spacial score (nSPS) is 10.5.